The molecule has 0 nitrogen and oxygen atoms in total. The molecule has 3 heteroatoms. The molecule has 114 valence electrons. The van der Waals surface area contributed by atoms with Gasteiger partial charge in [0.2, 0.25) is 0 Å². The first-order chi connectivity index (χ1) is 11.2. The number of hydrogen-bond acceptors (Lipinski definition) is 0. The minimum atomic E-state index is -0.826. The molecule has 0 unspecified atom stereocenters. The second-order valence-electron chi connectivity index (χ2n) is 5.47. The number of aryl methyl sites for hydroxylation is 1. The molecule has 0 amide bonds. The van der Waals surface area contributed by atoms with Gasteiger partial charge in [-0.05, 0) is 22.4 Å². The standard InChI is InChI=1S/C20H15.2ClH.Zr/c1-14-11-17-7-4-8-19(20(17)12-14)18-10-9-15-5-2-3-6-16(15)13-18;;;/h2-13H,1H3;2*1H;/q-1;;;+2/p-2. The number of rotatable bonds is 1. The van der Waals surface area contributed by atoms with Crippen LogP contribution in [0.1, 0.15) is 5.56 Å². The summed E-state index contributed by atoms with van der Waals surface area (Å²) < 4.78 is 0. The average Bonchev–Trinajstić information content (AvgIpc) is 2.95. The summed E-state index contributed by atoms with van der Waals surface area (Å²) in [6, 6.07) is 26.3. The van der Waals surface area contributed by atoms with Crippen molar-refractivity contribution < 1.29 is 20.8 Å². The van der Waals surface area contributed by atoms with Crippen molar-refractivity contribution in [2.45, 2.75) is 6.92 Å². The molecule has 0 N–H and O–H groups in total. The third-order valence-corrected chi connectivity index (χ3v) is 3.96. The van der Waals surface area contributed by atoms with Gasteiger partial charge < -0.3 is 0 Å². The van der Waals surface area contributed by atoms with Crippen LogP contribution < -0.4 is 0 Å². The molecule has 0 aliphatic rings. The number of benzene rings is 3. The third-order valence-electron chi connectivity index (χ3n) is 3.96. The quantitative estimate of drug-likeness (QED) is 0.291. The Hall–Kier alpha value is -1.01. The van der Waals surface area contributed by atoms with E-state index in [1.54, 1.807) is 0 Å². The first-order valence-electron chi connectivity index (χ1n) is 7.34. The first-order valence-corrected chi connectivity index (χ1v) is 13.7. The fraction of sp³-hybridized carbons (Fsp3) is 0.0500. The summed E-state index contributed by atoms with van der Waals surface area (Å²) in [7, 11) is 9.87. The zero-order chi connectivity index (χ0) is 16.2. The van der Waals surface area contributed by atoms with E-state index in [-0.39, 0.29) is 0 Å². The molecule has 0 saturated heterocycles. The Kier molecular flexibility index (Phi) is 5.64. The Balaban J connectivity index is 0.000000485. The number of fused-ring (bicyclic) bond motifs is 2. The van der Waals surface area contributed by atoms with E-state index < -0.39 is 20.8 Å². The number of halogens is 2. The van der Waals surface area contributed by atoms with E-state index in [2.05, 4.69) is 79.7 Å². The Morgan fingerprint density at radius 2 is 1.57 bits per heavy atom. The molecule has 0 atom stereocenters. The maximum absolute atomic E-state index is 4.93. The Morgan fingerprint density at radius 1 is 0.826 bits per heavy atom. The van der Waals surface area contributed by atoms with Gasteiger partial charge in [-0.15, -0.1) is 34.5 Å². The average molecular weight is 417 g/mol. The summed E-state index contributed by atoms with van der Waals surface area (Å²) in [6.07, 6.45) is 0. The monoisotopic (exact) mass is 415 g/mol. The van der Waals surface area contributed by atoms with Gasteiger partial charge >= 0.3 is 37.9 Å². The van der Waals surface area contributed by atoms with Crippen LogP contribution in [0.2, 0.25) is 0 Å². The van der Waals surface area contributed by atoms with Gasteiger partial charge in [0, 0.05) is 0 Å². The van der Waals surface area contributed by atoms with Crippen LogP contribution in [0.3, 0.4) is 0 Å². The maximum atomic E-state index is 4.93. The number of hydrogen-bond donors (Lipinski definition) is 0. The van der Waals surface area contributed by atoms with Crippen LogP contribution in [0.4, 0.5) is 0 Å². The van der Waals surface area contributed by atoms with Crippen LogP contribution in [0, 0.1) is 6.92 Å². The molecule has 0 heterocycles. The van der Waals surface area contributed by atoms with Gasteiger partial charge in [-0.25, -0.2) is 0 Å². The summed E-state index contributed by atoms with van der Waals surface area (Å²) in [6.45, 7) is 2.16. The van der Waals surface area contributed by atoms with Crippen LogP contribution in [-0.2, 0) is 20.8 Å². The van der Waals surface area contributed by atoms with E-state index in [0.717, 1.165) is 0 Å². The van der Waals surface area contributed by atoms with Crippen LogP contribution >= 0.6 is 17.0 Å². The second kappa shape index (κ2) is 7.71. The molecule has 0 fully saturated rings. The van der Waals surface area contributed by atoms with Gasteiger partial charge in [0.05, 0.1) is 0 Å². The minimum absolute atomic E-state index is 0.826. The summed E-state index contributed by atoms with van der Waals surface area (Å²) in [5.74, 6) is 0. The van der Waals surface area contributed by atoms with E-state index in [1.807, 2.05) is 0 Å². The van der Waals surface area contributed by atoms with Gasteiger partial charge in [-0.3, -0.25) is 0 Å². The van der Waals surface area contributed by atoms with Crippen molar-refractivity contribution in [1.29, 1.82) is 0 Å². The van der Waals surface area contributed by atoms with Crippen LogP contribution in [0.25, 0.3) is 32.7 Å². The Bertz CT molecular complexity index is 941. The molecule has 4 rings (SSSR count). The molecular formula is C20H15Cl2Zr-. The molecule has 0 aliphatic carbocycles. The molecule has 4 aromatic rings. The fourth-order valence-electron chi connectivity index (χ4n) is 2.99. The first kappa shape index (κ1) is 16.8. The molecule has 0 saturated carbocycles. The van der Waals surface area contributed by atoms with E-state index in [4.69, 9.17) is 17.0 Å². The predicted octanol–water partition coefficient (Wildman–Crippen LogP) is 7.06. The third kappa shape index (κ3) is 3.74. The topological polar surface area (TPSA) is 0 Å². The van der Waals surface area contributed by atoms with Crippen LogP contribution in [0.15, 0.2) is 72.8 Å². The summed E-state index contributed by atoms with van der Waals surface area (Å²) >= 11 is -0.826. The Labute approximate surface area is 155 Å². The molecule has 4 aromatic carbocycles. The van der Waals surface area contributed by atoms with Gasteiger partial charge in [-0.2, -0.15) is 6.07 Å². The van der Waals surface area contributed by atoms with Gasteiger partial charge in [-0.1, -0.05) is 55.0 Å². The fourth-order valence-corrected chi connectivity index (χ4v) is 2.99. The van der Waals surface area contributed by atoms with Crippen LogP contribution in [0.5, 0.6) is 0 Å². The van der Waals surface area contributed by atoms with Crippen molar-refractivity contribution in [3.63, 3.8) is 0 Å². The Morgan fingerprint density at radius 3 is 2.35 bits per heavy atom. The van der Waals surface area contributed by atoms with Crippen molar-refractivity contribution in [2.24, 2.45) is 0 Å². The van der Waals surface area contributed by atoms with Gasteiger partial charge in [0.1, 0.15) is 0 Å². The van der Waals surface area contributed by atoms with Crippen molar-refractivity contribution in [3.05, 3.63) is 78.4 Å². The second-order valence-corrected chi connectivity index (χ2v) is 9.21. The molecule has 0 radical (unpaired) electrons. The normalized spacial score (nSPS) is 10.4. The summed E-state index contributed by atoms with van der Waals surface area (Å²) in [5, 5.41) is 5.26. The van der Waals surface area contributed by atoms with E-state index in [0.29, 0.717) is 0 Å². The van der Waals surface area contributed by atoms with Crippen molar-refractivity contribution >= 4 is 38.6 Å². The van der Waals surface area contributed by atoms with E-state index in [1.165, 1.54) is 38.2 Å². The molecule has 0 aromatic heterocycles. The molecular weight excluding hydrogens is 402 g/mol. The summed E-state index contributed by atoms with van der Waals surface area (Å²) in [5.41, 5.74) is 3.94. The van der Waals surface area contributed by atoms with E-state index in [9.17, 15) is 0 Å². The van der Waals surface area contributed by atoms with Gasteiger partial charge in [0.15, 0.2) is 0 Å². The zero-order valence-corrected chi connectivity index (χ0v) is 16.7. The van der Waals surface area contributed by atoms with Crippen molar-refractivity contribution in [1.82, 2.24) is 0 Å². The van der Waals surface area contributed by atoms with Crippen molar-refractivity contribution in [3.8, 4) is 11.1 Å². The van der Waals surface area contributed by atoms with Crippen LogP contribution in [-0.4, -0.2) is 0 Å². The molecule has 0 bridgehead atoms. The summed E-state index contributed by atoms with van der Waals surface area (Å²) in [4.78, 5) is 0. The SMILES string of the molecule is Cc1cc2c(-c3ccc4ccccc4c3)cccc2[cH-]1.[Cl][Zr][Cl]. The zero-order valence-electron chi connectivity index (χ0n) is 12.7. The van der Waals surface area contributed by atoms with Crippen molar-refractivity contribution in [2.75, 3.05) is 0 Å². The molecule has 0 aliphatic heterocycles. The molecule has 0 spiro atoms. The van der Waals surface area contributed by atoms with E-state index >= 15 is 0 Å². The van der Waals surface area contributed by atoms with Gasteiger partial charge in [0.25, 0.3) is 0 Å². The molecule has 23 heavy (non-hydrogen) atoms. The predicted molar refractivity (Wildman–Crippen MR) is 98.9 cm³/mol.